The minimum atomic E-state index is -0.543. The molecule has 0 saturated carbocycles. The quantitative estimate of drug-likeness (QED) is 0.863. The third kappa shape index (κ3) is 3.28. The van der Waals surface area contributed by atoms with Gasteiger partial charge in [0.15, 0.2) is 0 Å². The summed E-state index contributed by atoms with van der Waals surface area (Å²) in [7, 11) is 0. The molecule has 3 N–H and O–H groups in total. The molecule has 2 aromatic rings. The van der Waals surface area contributed by atoms with Crippen molar-refractivity contribution in [3.63, 3.8) is 0 Å². The van der Waals surface area contributed by atoms with E-state index in [-0.39, 0.29) is 11.9 Å². The Labute approximate surface area is 151 Å². The normalized spacial score (nSPS) is 23.6. The van der Waals surface area contributed by atoms with Gasteiger partial charge in [-0.1, -0.05) is 12.1 Å². The molecule has 0 aromatic heterocycles. The molecule has 2 bridgehead atoms. The van der Waals surface area contributed by atoms with Gasteiger partial charge in [0.2, 0.25) is 0 Å². The van der Waals surface area contributed by atoms with Crippen LogP contribution in [0.1, 0.15) is 27.1 Å². The van der Waals surface area contributed by atoms with Crippen molar-refractivity contribution in [2.75, 3.05) is 19.6 Å². The summed E-state index contributed by atoms with van der Waals surface area (Å²) in [5.74, 6) is 0.910. The lowest BCUT2D eigenvalue weighted by atomic mass is 9.99. The van der Waals surface area contributed by atoms with E-state index < -0.39 is 5.91 Å². The van der Waals surface area contributed by atoms with Gasteiger partial charge in [-0.25, -0.2) is 0 Å². The SMILES string of the molecule is NC(=O)c1ccccc1Oc1ccc(C(=O)NC2CN3CCC2C3)cc1. The molecule has 2 aromatic carbocycles. The maximum absolute atomic E-state index is 12.5. The van der Waals surface area contributed by atoms with Gasteiger partial charge in [-0.3, -0.25) is 9.59 Å². The van der Waals surface area contributed by atoms with Crippen LogP contribution in [0.5, 0.6) is 11.5 Å². The summed E-state index contributed by atoms with van der Waals surface area (Å²) < 4.78 is 5.74. The first-order valence-electron chi connectivity index (χ1n) is 8.80. The van der Waals surface area contributed by atoms with Gasteiger partial charge >= 0.3 is 0 Å². The van der Waals surface area contributed by atoms with Crippen LogP contribution < -0.4 is 15.8 Å². The van der Waals surface area contributed by atoms with Gasteiger partial charge < -0.3 is 20.7 Å². The molecule has 6 heteroatoms. The van der Waals surface area contributed by atoms with Gasteiger partial charge in [0.25, 0.3) is 11.8 Å². The number of ether oxygens (including phenoxy) is 1. The lowest BCUT2D eigenvalue weighted by Crippen LogP contribution is -2.43. The van der Waals surface area contributed by atoms with Crippen molar-refractivity contribution < 1.29 is 14.3 Å². The van der Waals surface area contributed by atoms with Gasteiger partial charge in [0.1, 0.15) is 11.5 Å². The second kappa shape index (κ2) is 6.80. The maximum atomic E-state index is 12.5. The molecule has 2 heterocycles. The van der Waals surface area contributed by atoms with Crippen LogP contribution in [0.15, 0.2) is 48.5 Å². The van der Waals surface area contributed by atoms with Crippen LogP contribution in [0, 0.1) is 5.92 Å². The van der Waals surface area contributed by atoms with Crippen LogP contribution in [0.25, 0.3) is 0 Å². The summed E-state index contributed by atoms with van der Waals surface area (Å²) in [5.41, 5.74) is 6.28. The van der Waals surface area contributed by atoms with E-state index in [2.05, 4.69) is 10.2 Å². The highest BCUT2D eigenvalue weighted by molar-refractivity contribution is 5.96. The van der Waals surface area contributed by atoms with Crippen LogP contribution in [-0.2, 0) is 0 Å². The average Bonchev–Trinajstić information content (AvgIpc) is 3.25. The zero-order valence-electron chi connectivity index (χ0n) is 14.4. The molecular formula is C20H21N3O3. The predicted octanol–water partition coefficient (Wildman–Crippen LogP) is 2.01. The number of primary amides is 1. The summed E-state index contributed by atoms with van der Waals surface area (Å²) >= 11 is 0. The summed E-state index contributed by atoms with van der Waals surface area (Å²) in [6.45, 7) is 3.19. The number of carbonyl (C=O) groups excluding carboxylic acids is 2. The third-order valence-corrected chi connectivity index (χ3v) is 5.15. The largest absolute Gasteiger partial charge is 0.457 e. The van der Waals surface area contributed by atoms with E-state index in [0.717, 1.165) is 26.1 Å². The van der Waals surface area contributed by atoms with Crippen LogP contribution in [0.3, 0.4) is 0 Å². The Bertz CT molecular complexity index is 834. The number of piperidine rings is 1. The number of carbonyl (C=O) groups is 2. The first-order valence-corrected chi connectivity index (χ1v) is 8.80. The molecule has 0 radical (unpaired) electrons. The van der Waals surface area contributed by atoms with Crippen molar-refractivity contribution in [3.8, 4) is 11.5 Å². The molecule has 3 atom stereocenters. The van der Waals surface area contributed by atoms with Crippen LogP contribution in [0.4, 0.5) is 0 Å². The van der Waals surface area contributed by atoms with Gasteiger partial charge in [0.05, 0.1) is 5.56 Å². The van der Waals surface area contributed by atoms with Crippen molar-refractivity contribution in [1.29, 1.82) is 0 Å². The second-order valence-electron chi connectivity index (χ2n) is 6.88. The minimum absolute atomic E-state index is 0.0622. The van der Waals surface area contributed by atoms with Crippen LogP contribution in [0.2, 0.25) is 0 Å². The zero-order chi connectivity index (χ0) is 18.1. The smallest absolute Gasteiger partial charge is 0.252 e. The van der Waals surface area contributed by atoms with Gasteiger partial charge in [0, 0.05) is 24.7 Å². The number of nitrogens with one attached hydrogen (secondary N) is 1. The molecular weight excluding hydrogens is 330 g/mol. The maximum Gasteiger partial charge on any atom is 0.252 e. The Morgan fingerprint density at radius 1 is 1.08 bits per heavy atom. The van der Waals surface area contributed by atoms with E-state index in [9.17, 15) is 9.59 Å². The number of benzene rings is 2. The van der Waals surface area contributed by atoms with E-state index in [4.69, 9.17) is 10.5 Å². The summed E-state index contributed by atoms with van der Waals surface area (Å²) in [6.07, 6.45) is 1.16. The Hall–Kier alpha value is -2.86. The van der Waals surface area contributed by atoms with Crippen molar-refractivity contribution in [2.24, 2.45) is 11.7 Å². The third-order valence-electron chi connectivity index (χ3n) is 5.15. The lowest BCUT2D eigenvalue weighted by molar-refractivity contribution is 0.0923. The fourth-order valence-corrected chi connectivity index (χ4v) is 3.76. The van der Waals surface area contributed by atoms with Crippen molar-refractivity contribution in [3.05, 3.63) is 59.7 Å². The number of hydrogen-bond acceptors (Lipinski definition) is 4. The number of fused-ring (bicyclic) bond motifs is 2. The highest BCUT2D eigenvalue weighted by Crippen LogP contribution is 2.28. The van der Waals surface area contributed by atoms with Gasteiger partial charge in [-0.15, -0.1) is 0 Å². The number of hydrogen-bond donors (Lipinski definition) is 2. The molecule has 2 aliphatic heterocycles. The monoisotopic (exact) mass is 351 g/mol. The molecule has 2 saturated heterocycles. The second-order valence-corrected chi connectivity index (χ2v) is 6.88. The lowest BCUT2D eigenvalue weighted by Gasteiger charge is -2.23. The molecule has 2 amide bonds. The number of rotatable bonds is 5. The molecule has 134 valence electrons. The van der Waals surface area contributed by atoms with E-state index in [0.29, 0.717) is 28.5 Å². The number of nitrogens with zero attached hydrogens (tertiary/aromatic N) is 1. The molecule has 2 fully saturated rings. The highest BCUT2D eigenvalue weighted by Gasteiger charge is 2.38. The zero-order valence-corrected chi connectivity index (χ0v) is 14.4. The molecule has 0 spiro atoms. The van der Waals surface area contributed by atoms with E-state index in [1.807, 2.05) is 0 Å². The molecule has 3 unspecified atom stereocenters. The van der Waals surface area contributed by atoms with E-state index >= 15 is 0 Å². The Balaban J connectivity index is 1.42. The standard InChI is InChI=1S/C20H21N3O3/c21-19(24)16-3-1-2-4-18(16)26-15-7-5-13(6-8-15)20(25)22-17-12-23-10-9-14(17)11-23/h1-8,14,17H,9-12H2,(H2,21,24)(H,22,25). The topological polar surface area (TPSA) is 84.7 Å². The minimum Gasteiger partial charge on any atom is -0.457 e. The summed E-state index contributed by atoms with van der Waals surface area (Å²) in [5, 5.41) is 3.14. The van der Waals surface area contributed by atoms with E-state index in [1.165, 1.54) is 0 Å². The molecule has 0 aliphatic carbocycles. The number of nitrogens with two attached hydrogens (primary N) is 1. The van der Waals surface area contributed by atoms with Crippen molar-refractivity contribution in [1.82, 2.24) is 10.2 Å². The Morgan fingerprint density at radius 3 is 2.50 bits per heavy atom. The van der Waals surface area contributed by atoms with Crippen molar-refractivity contribution in [2.45, 2.75) is 12.5 Å². The van der Waals surface area contributed by atoms with Gasteiger partial charge in [-0.2, -0.15) is 0 Å². The summed E-state index contributed by atoms with van der Waals surface area (Å²) in [4.78, 5) is 26.3. The Kier molecular flexibility index (Phi) is 4.34. The van der Waals surface area contributed by atoms with Crippen LogP contribution >= 0.6 is 0 Å². The average molecular weight is 351 g/mol. The predicted molar refractivity (Wildman–Crippen MR) is 97.3 cm³/mol. The Morgan fingerprint density at radius 2 is 1.85 bits per heavy atom. The first kappa shape index (κ1) is 16.6. The summed E-state index contributed by atoms with van der Waals surface area (Å²) in [6, 6.07) is 13.9. The van der Waals surface area contributed by atoms with Crippen LogP contribution in [-0.4, -0.2) is 42.4 Å². The fourth-order valence-electron chi connectivity index (χ4n) is 3.76. The molecule has 6 nitrogen and oxygen atoms in total. The molecule has 26 heavy (non-hydrogen) atoms. The van der Waals surface area contributed by atoms with E-state index in [1.54, 1.807) is 48.5 Å². The molecule has 2 aliphatic rings. The number of para-hydroxylation sites is 1. The number of amides is 2. The fraction of sp³-hybridized carbons (Fsp3) is 0.300. The van der Waals surface area contributed by atoms with Crippen molar-refractivity contribution >= 4 is 11.8 Å². The van der Waals surface area contributed by atoms with Gasteiger partial charge in [-0.05, 0) is 55.3 Å². The molecule has 4 rings (SSSR count). The first-order chi connectivity index (χ1) is 12.6. The highest BCUT2D eigenvalue weighted by atomic mass is 16.5.